The largest absolute Gasteiger partial charge is 0.355 e. The number of amides is 2. The lowest BCUT2D eigenvalue weighted by atomic mass is 9.92. The quantitative estimate of drug-likeness (QED) is 0.743. The maximum absolute atomic E-state index is 11.9. The van der Waals surface area contributed by atoms with Gasteiger partial charge in [0.15, 0.2) is 0 Å². The van der Waals surface area contributed by atoms with Gasteiger partial charge in [-0.25, -0.2) is 0 Å². The molecule has 0 atom stereocenters. The zero-order valence-electron chi connectivity index (χ0n) is 10.9. The van der Waals surface area contributed by atoms with Crippen LogP contribution in [0.1, 0.15) is 24.2 Å². The molecule has 0 bridgehead atoms. The molecule has 0 aliphatic rings. The summed E-state index contributed by atoms with van der Waals surface area (Å²) in [7, 11) is 1.57. The number of hydrogen-bond acceptors (Lipinski definition) is 3. The van der Waals surface area contributed by atoms with Crippen LogP contribution < -0.4 is 16.4 Å². The van der Waals surface area contributed by atoms with Crippen LogP contribution in [0.2, 0.25) is 0 Å². The molecule has 0 fully saturated rings. The summed E-state index contributed by atoms with van der Waals surface area (Å²) in [6, 6.07) is 6.69. The van der Waals surface area contributed by atoms with Crippen LogP contribution in [0.5, 0.6) is 0 Å². The maximum Gasteiger partial charge on any atom is 0.251 e. The Morgan fingerprint density at radius 3 is 2.22 bits per heavy atom. The monoisotopic (exact) mass is 249 g/mol. The van der Waals surface area contributed by atoms with Gasteiger partial charge in [-0.15, -0.1) is 0 Å². The van der Waals surface area contributed by atoms with Gasteiger partial charge in [0.1, 0.15) is 0 Å². The van der Waals surface area contributed by atoms with Crippen LogP contribution in [-0.4, -0.2) is 25.4 Å². The molecule has 0 aliphatic carbocycles. The molecule has 2 amide bonds. The van der Waals surface area contributed by atoms with Gasteiger partial charge in [0.25, 0.3) is 5.91 Å². The van der Waals surface area contributed by atoms with E-state index in [9.17, 15) is 9.59 Å². The molecule has 4 N–H and O–H groups in total. The van der Waals surface area contributed by atoms with Crippen molar-refractivity contribution in [2.45, 2.75) is 13.8 Å². The van der Waals surface area contributed by atoms with Gasteiger partial charge in [-0.05, 0) is 38.1 Å². The Bertz CT molecular complexity index is 438. The molecule has 0 saturated heterocycles. The summed E-state index contributed by atoms with van der Waals surface area (Å²) >= 11 is 0. The standard InChI is InChI=1S/C13H19N3O2/c1-13(2,8-14)12(18)16-10-6-4-9(5-7-10)11(17)15-3/h4-7H,8,14H2,1-3H3,(H,15,17)(H,16,18). The summed E-state index contributed by atoms with van der Waals surface area (Å²) in [6.07, 6.45) is 0. The van der Waals surface area contributed by atoms with Crippen LogP contribution >= 0.6 is 0 Å². The van der Waals surface area contributed by atoms with Gasteiger partial charge in [0, 0.05) is 24.8 Å². The van der Waals surface area contributed by atoms with Gasteiger partial charge in [0.05, 0.1) is 5.41 Å². The number of rotatable bonds is 4. The minimum Gasteiger partial charge on any atom is -0.355 e. The summed E-state index contributed by atoms with van der Waals surface area (Å²) in [5, 5.41) is 5.30. The van der Waals surface area contributed by atoms with Crippen LogP contribution in [0.25, 0.3) is 0 Å². The molecule has 18 heavy (non-hydrogen) atoms. The van der Waals surface area contributed by atoms with Gasteiger partial charge in [-0.3, -0.25) is 9.59 Å². The van der Waals surface area contributed by atoms with E-state index in [4.69, 9.17) is 5.73 Å². The van der Waals surface area contributed by atoms with E-state index < -0.39 is 5.41 Å². The average Bonchev–Trinajstić information content (AvgIpc) is 2.38. The Balaban J connectivity index is 2.76. The fourth-order valence-corrected chi connectivity index (χ4v) is 1.24. The van der Waals surface area contributed by atoms with Crippen molar-refractivity contribution in [1.82, 2.24) is 5.32 Å². The van der Waals surface area contributed by atoms with Crippen molar-refractivity contribution in [3.63, 3.8) is 0 Å². The Hall–Kier alpha value is -1.88. The lowest BCUT2D eigenvalue weighted by Gasteiger charge is -2.21. The van der Waals surface area contributed by atoms with E-state index in [2.05, 4.69) is 10.6 Å². The first-order valence-corrected chi connectivity index (χ1v) is 5.74. The van der Waals surface area contributed by atoms with Crippen LogP contribution in [0.3, 0.4) is 0 Å². The third kappa shape index (κ3) is 3.30. The second kappa shape index (κ2) is 5.64. The van der Waals surface area contributed by atoms with Gasteiger partial charge in [0.2, 0.25) is 5.91 Å². The van der Waals surface area contributed by atoms with E-state index in [1.165, 1.54) is 0 Å². The van der Waals surface area contributed by atoms with E-state index in [-0.39, 0.29) is 18.4 Å². The number of nitrogens with two attached hydrogens (primary N) is 1. The second-order valence-electron chi connectivity index (χ2n) is 4.70. The van der Waals surface area contributed by atoms with E-state index >= 15 is 0 Å². The summed E-state index contributed by atoms with van der Waals surface area (Å²) in [4.78, 5) is 23.2. The van der Waals surface area contributed by atoms with Crippen molar-refractivity contribution < 1.29 is 9.59 Å². The van der Waals surface area contributed by atoms with Crippen molar-refractivity contribution in [1.29, 1.82) is 0 Å². The normalized spacial score (nSPS) is 10.9. The van der Waals surface area contributed by atoms with Crippen molar-refractivity contribution in [2.75, 3.05) is 18.9 Å². The van der Waals surface area contributed by atoms with E-state index in [1.54, 1.807) is 45.2 Å². The van der Waals surface area contributed by atoms with Gasteiger partial charge in [-0.1, -0.05) is 0 Å². The summed E-state index contributed by atoms with van der Waals surface area (Å²) < 4.78 is 0. The first-order chi connectivity index (χ1) is 8.40. The third-order valence-electron chi connectivity index (χ3n) is 2.76. The highest BCUT2D eigenvalue weighted by molar-refractivity contribution is 5.97. The zero-order valence-corrected chi connectivity index (χ0v) is 10.9. The molecular formula is C13H19N3O2. The fraction of sp³-hybridized carbons (Fsp3) is 0.385. The van der Waals surface area contributed by atoms with Crippen LogP contribution in [0.4, 0.5) is 5.69 Å². The van der Waals surface area contributed by atoms with E-state index in [0.29, 0.717) is 11.3 Å². The van der Waals surface area contributed by atoms with Crippen LogP contribution in [0.15, 0.2) is 24.3 Å². The zero-order chi connectivity index (χ0) is 13.8. The number of hydrogen-bond donors (Lipinski definition) is 3. The molecule has 0 heterocycles. The van der Waals surface area contributed by atoms with Crippen molar-refractivity contribution in [3.05, 3.63) is 29.8 Å². The minimum atomic E-state index is -0.612. The predicted octanol–water partition coefficient (Wildman–Crippen LogP) is 0.970. The Morgan fingerprint density at radius 1 is 1.22 bits per heavy atom. The molecular weight excluding hydrogens is 230 g/mol. The molecule has 1 aromatic carbocycles. The highest BCUT2D eigenvalue weighted by Gasteiger charge is 2.25. The number of carbonyl (C=O) groups excluding carboxylic acids is 2. The molecule has 1 rings (SSSR count). The Labute approximate surface area is 107 Å². The third-order valence-corrected chi connectivity index (χ3v) is 2.76. The van der Waals surface area contributed by atoms with Crippen molar-refractivity contribution in [2.24, 2.45) is 11.1 Å². The average molecular weight is 249 g/mol. The second-order valence-corrected chi connectivity index (χ2v) is 4.70. The smallest absolute Gasteiger partial charge is 0.251 e. The summed E-state index contributed by atoms with van der Waals surface area (Å²) in [6.45, 7) is 3.83. The summed E-state index contributed by atoms with van der Waals surface area (Å²) in [5.74, 6) is -0.298. The Kier molecular flexibility index (Phi) is 4.44. The summed E-state index contributed by atoms with van der Waals surface area (Å²) in [5.41, 5.74) is 6.11. The van der Waals surface area contributed by atoms with Crippen LogP contribution in [0, 0.1) is 5.41 Å². The number of nitrogens with one attached hydrogen (secondary N) is 2. The van der Waals surface area contributed by atoms with Crippen molar-refractivity contribution >= 4 is 17.5 Å². The maximum atomic E-state index is 11.9. The topological polar surface area (TPSA) is 84.2 Å². The molecule has 0 radical (unpaired) electrons. The minimum absolute atomic E-state index is 0.141. The first-order valence-electron chi connectivity index (χ1n) is 5.74. The number of carbonyl (C=O) groups is 2. The van der Waals surface area contributed by atoms with Crippen LogP contribution in [-0.2, 0) is 4.79 Å². The molecule has 5 nitrogen and oxygen atoms in total. The molecule has 0 spiro atoms. The van der Waals surface area contributed by atoms with Gasteiger partial charge in [-0.2, -0.15) is 0 Å². The fourth-order valence-electron chi connectivity index (χ4n) is 1.24. The molecule has 1 aromatic rings. The molecule has 0 saturated carbocycles. The molecule has 0 aromatic heterocycles. The van der Waals surface area contributed by atoms with Crippen molar-refractivity contribution in [3.8, 4) is 0 Å². The molecule has 0 unspecified atom stereocenters. The van der Waals surface area contributed by atoms with Gasteiger partial charge < -0.3 is 16.4 Å². The van der Waals surface area contributed by atoms with E-state index in [1.807, 2.05) is 0 Å². The number of anilines is 1. The lowest BCUT2D eigenvalue weighted by Crippen LogP contribution is -2.37. The SMILES string of the molecule is CNC(=O)c1ccc(NC(=O)C(C)(C)CN)cc1. The predicted molar refractivity (Wildman–Crippen MR) is 71.3 cm³/mol. The first kappa shape index (κ1) is 14.2. The van der Waals surface area contributed by atoms with Gasteiger partial charge >= 0.3 is 0 Å². The molecule has 5 heteroatoms. The molecule has 0 aliphatic heterocycles. The highest BCUT2D eigenvalue weighted by atomic mass is 16.2. The van der Waals surface area contributed by atoms with E-state index in [0.717, 1.165) is 0 Å². The highest BCUT2D eigenvalue weighted by Crippen LogP contribution is 2.17. The Morgan fingerprint density at radius 2 is 1.78 bits per heavy atom. The molecule has 98 valence electrons. The lowest BCUT2D eigenvalue weighted by molar-refractivity contribution is -0.123. The number of benzene rings is 1.